The van der Waals surface area contributed by atoms with Crippen LogP contribution in [0.2, 0.25) is 0 Å². The van der Waals surface area contributed by atoms with Crippen molar-refractivity contribution in [1.29, 1.82) is 0 Å². The largest absolute Gasteiger partial charge is 0.392 e. The molecule has 0 bridgehead atoms. The van der Waals surface area contributed by atoms with Crippen LogP contribution in [0.1, 0.15) is 60.8 Å². The number of benzene rings is 2. The fourth-order valence-corrected chi connectivity index (χ4v) is 4.27. The predicted molar refractivity (Wildman–Crippen MR) is 120 cm³/mol. The molecular formula is C26H34O6. The fourth-order valence-electron chi connectivity index (χ4n) is 4.27. The summed E-state index contributed by atoms with van der Waals surface area (Å²) < 4.78 is 23.5. The molecule has 2 saturated heterocycles. The van der Waals surface area contributed by atoms with Crippen molar-refractivity contribution in [2.75, 3.05) is 13.2 Å². The monoisotopic (exact) mass is 442 g/mol. The molecule has 6 nitrogen and oxygen atoms in total. The van der Waals surface area contributed by atoms with Gasteiger partial charge in [0.25, 0.3) is 0 Å². The van der Waals surface area contributed by atoms with Crippen molar-refractivity contribution >= 4 is 0 Å². The van der Waals surface area contributed by atoms with Crippen LogP contribution in [0.3, 0.4) is 0 Å². The van der Waals surface area contributed by atoms with Crippen molar-refractivity contribution in [2.45, 2.75) is 77.5 Å². The number of aliphatic hydroxyl groups is 2. The predicted octanol–water partition coefficient (Wildman–Crippen LogP) is 4.42. The number of rotatable bonds is 9. The molecule has 2 aliphatic rings. The minimum atomic E-state index is -0.151. The first-order valence-electron chi connectivity index (χ1n) is 11.7. The second kappa shape index (κ2) is 11.9. The molecule has 2 fully saturated rings. The highest BCUT2D eigenvalue weighted by molar-refractivity contribution is 5.67. The van der Waals surface area contributed by atoms with Crippen molar-refractivity contribution in [2.24, 2.45) is 0 Å². The Morgan fingerprint density at radius 2 is 1.06 bits per heavy atom. The molecule has 4 rings (SSSR count). The third-order valence-electron chi connectivity index (χ3n) is 5.95. The molecule has 2 N–H and O–H groups in total. The summed E-state index contributed by atoms with van der Waals surface area (Å²) in [7, 11) is 0. The van der Waals surface area contributed by atoms with E-state index < -0.39 is 0 Å². The summed E-state index contributed by atoms with van der Waals surface area (Å²) in [5.74, 6) is 0. The Labute approximate surface area is 190 Å². The normalized spacial score (nSPS) is 21.6. The van der Waals surface area contributed by atoms with Crippen LogP contribution >= 0.6 is 0 Å². The van der Waals surface area contributed by atoms with Gasteiger partial charge in [-0.3, -0.25) is 0 Å². The molecular weight excluding hydrogens is 408 g/mol. The number of ether oxygens (including phenoxy) is 4. The molecule has 0 spiro atoms. The van der Waals surface area contributed by atoms with Gasteiger partial charge in [0.2, 0.25) is 0 Å². The second-order valence-corrected chi connectivity index (χ2v) is 8.61. The molecule has 0 amide bonds. The quantitative estimate of drug-likeness (QED) is 0.599. The Hall–Kier alpha value is -1.80. The smallest absolute Gasteiger partial charge is 0.158 e. The Morgan fingerprint density at radius 1 is 0.625 bits per heavy atom. The lowest BCUT2D eigenvalue weighted by Crippen LogP contribution is -2.22. The fraction of sp³-hybridized carbons (Fsp3) is 0.538. The molecule has 0 aromatic heterocycles. The Morgan fingerprint density at radius 3 is 1.47 bits per heavy atom. The standard InChI is InChI=1S/C26H34O6/c27-15-19-9-20(16-28)12-23(11-19)24-13-21(17-31-25-5-1-3-7-29-25)10-22(14-24)18-32-26-6-2-4-8-30-26/h9-14,25-28H,1-8,15-18H2. The molecule has 2 atom stereocenters. The van der Waals surface area contributed by atoms with Crippen LogP contribution in [0.5, 0.6) is 0 Å². The lowest BCUT2D eigenvalue weighted by Gasteiger charge is -2.24. The van der Waals surface area contributed by atoms with E-state index in [9.17, 15) is 10.2 Å². The summed E-state index contributed by atoms with van der Waals surface area (Å²) in [5.41, 5.74) is 5.59. The third-order valence-corrected chi connectivity index (χ3v) is 5.95. The highest BCUT2D eigenvalue weighted by Gasteiger charge is 2.17. The van der Waals surface area contributed by atoms with Gasteiger partial charge < -0.3 is 29.2 Å². The third kappa shape index (κ3) is 6.61. The van der Waals surface area contributed by atoms with Gasteiger partial charge in [0.05, 0.1) is 26.4 Å². The van der Waals surface area contributed by atoms with Crippen LogP contribution in [0.15, 0.2) is 36.4 Å². The van der Waals surface area contributed by atoms with Crippen molar-refractivity contribution < 1.29 is 29.2 Å². The maximum atomic E-state index is 9.65. The molecule has 2 aromatic rings. The van der Waals surface area contributed by atoms with Crippen LogP contribution < -0.4 is 0 Å². The molecule has 2 aliphatic heterocycles. The first-order valence-corrected chi connectivity index (χ1v) is 11.7. The highest BCUT2D eigenvalue weighted by Crippen LogP contribution is 2.27. The van der Waals surface area contributed by atoms with E-state index in [4.69, 9.17) is 18.9 Å². The van der Waals surface area contributed by atoms with Crippen LogP contribution in [0, 0.1) is 0 Å². The Bertz CT molecular complexity index is 793. The molecule has 6 heteroatoms. The van der Waals surface area contributed by atoms with Crippen LogP contribution in [0.4, 0.5) is 0 Å². The topological polar surface area (TPSA) is 77.4 Å². The maximum Gasteiger partial charge on any atom is 0.158 e. The van der Waals surface area contributed by atoms with Gasteiger partial charge in [0, 0.05) is 13.2 Å². The first kappa shape index (κ1) is 23.4. The number of hydrogen-bond acceptors (Lipinski definition) is 6. The Kier molecular flexibility index (Phi) is 8.68. The van der Waals surface area contributed by atoms with E-state index in [0.717, 1.165) is 85.1 Å². The van der Waals surface area contributed by atoms with E-state index in [0.29, 0.717) is 13.2 Å². The highest BCUT2D eigenvalue weighted by atomic mass is 16.7. The summed E-state index contributed by atoms with van der Waals surface area (Å²) in [6.45, 7) is 2.28. The second-order valence-electron chi connectivity index (χ2n) is 8.61. The van der Waals surface area contributed by atoms with Gasteiger partial charge in [-0.15, -0.1) is 0 Å². The summed E-state index contributed by atoms with van der Waals surface area (Å²) >= 11 is 0. The number of hydrogen-bond donors (Lipinski definition) is 2. The SMILES string of the molecule is OCc1cc(CO)cc(-c2cc(COC3CCCCO3)cc(COC3CCCCO3)c2)c1. The summed E-state index contributed by atoms with van der Waals surface area (Å²) in [4.78, 5) is 0. The van der Waals surface area contributed by atoms with Crippen molar-refractivity contribution in [3.05, 3.63) is 58.7 Å². The van der Waals surface area contributed by atoms with Gasteiger partial charge in [0.15, 0.2) is 12.6 Å². The van der Waals surface area contributed by atoms with E-state index in [1.54, 1.807) is 0 Å². The molecule has 32 heavy (non-hydrogen) atoms. The summed E-state index contributed by atoms with van der Waals surface area (Å²) in [6, 6.07) is 12.0. The molecule has 0 radical (unpaired) electrons. The first-order chi connectivity index (χ1) is 15.7. The molecule has 0 aliphatic carbocycles. The zero-order valence-corrected chi connectivity index (χ0v) is 18.6. The van der Waals surface area contributed by atoms with Gasteiger partial charge in [-0.05, 0) is 96.2 Å². The average molecular weight is 443 g/mol. The van der Waals surface area contributed by atoms with E-state index in [2.05, 4.69) is 18.2 Å². The lowest BCUT2D eigenvalue weighted by molar-refractivity contribution is -0.169. The van der Waals surface area contributed by atoms with Crippen molar-refractivity contribution in [3.63, 3.8) is 0 Å². The van der Waals surface area contributed by atoms with Gasteiger partial charge in [-0.25, -0.2) is 0 Å². The maximum absolute atomic E-state index is 9.65. The van der Waals surface area contributed by atoms with Gasteiger partial charge >= 0.3 is 0 Å². The average Bonchev–Trinajstić information content (AvgIpc) is 2.87. The molecule has 2 aromatic carbocycles. The molecule has 0 saturated carbocycles. The Balaban J connectivity index is 1.55. The van der Waals surface area contributed by atoms with E-state index in [1.807, 2.05) is 18.2 Å². The van der Waals surface area contributed by atoms with Crippen LogP contribution in [-0.2, 0) is 45.4 Å². The van der Waals surface area contributed by atoms with E-state index in [1.165, 1.54) is 0 Å². The minimum Gasteiger partial charge on any atom is -0.392 e. The summed E-state index contributed by atoms with van der Waals surface area (Å²) in [6.07, 6.45) is 5.98. The lowest BCUT2D eigenvalue weighted by atomic mass is 9.96. The molecule has 2 heterocycles. The van der Waals surface area contributed by atoms with E-state index in [-0.39, 0.29) is 25.8 Å². The van der Waals surface area contributed by atoms with E-state index >= 15 is 0 Å². The van der Waals surface area contributed by atoms with Gasteiger partial charge in [0.1, 0.15) is 0 Å². The molecule has 2 unspecified atom stereocenters. The number of aliphatic hydroxyl groups excluding tert-OH is 2. The van der Waals surface area contributed by atoms with Gasteiger partial charge in [-0.2, -0.15) is 0 Å². The van der Waals surface area contributed by atoms with Crippen LogP contribution in [-0.4, -0.2) is 36.0 Å². The zero-order chi connectivity index (χ0) is 22.2. The van der Waals surface area contributed by atoms with Gasteiger partial charge in [-0.1, -0.05) is 12.1 Å². The summed E-state index contributed by atoms with van der Waals surface area (Å²) in [5, 5.41) is 19.3. The van der Waals surface area contributed by atoms with Crippen molar-refractivity contribution in [3.8, 4) is 11.1 Å². The zero-order valence-electron chi connectivity index (χ0n) is 18.6. The van der Waals surface area contributed by atoms with Crippen LogP contribution in [0.25, 0.3) is 11.1 Å². The molecule has 174 valence electrons. The minimum absolute atomic E-state index is 0.0718. The van der Waals surface area contributed by atoms with Crippen molar-refractivity contribution in [1.82, 2.24) is 0 Å².